The van der Waals surface area contributed by atoms with Gasteiger partial charge in [-0.25, -0.2) is 13.8 Å². The number of aromatic nitrogens is 1. The van der Waals surface area contributed by atoms with Crippen LogP contribution in [-0.4, -0.2) is 24.0 Å². The highest BCUT2D eigenvalue weighted by Gasteiger charge is 2.71. The van der Waals surface area contributed by atoms with Gasteiger partial charge in [0.1, 0.15) is 11.8 Å². The van der Waals surface area contributed by atoms with Crippen molar-refractivity contribution < 1.29 is 8.78 Å². The average Bonchev–Trinajstić information content (AvgIpc) is 2.89. The predicted octanol–water partition coefficient (Wildman–Crippen LogP) is 2.58. The number of halogens is 2. The van der Waals surface area contributed by atoms with Crippen molar-refractivity contribution in [2.45, 2.75) is 25.2 Å². The number of anilines is 1. The van der Waals surface area contributed by atoms with Crippen LogP contribution < -0.4 is 4.90 Å². The molecule has 0 aromatic carbocycles. The number of pyridine rings is 1. The van der Waals surface area contributed by atoms with Crippen LogP contribution in [0.15, 0.2) is 18.3 Å². The SMILES string of the molecule is N#Cc1ccc(N2CCCC3(C2)CC3(F)F)cn1. The molecule has 3 nitrogen and oxygen atoms in total. The lowest BCUT2D eigenvalue weighted by atomic mass is 9.94. The Hall–Kier alpha value is -1.70. The molecule has 1 saturated carbocycles. The van der Waals surface area contributed by atoms with E-state index in [1.54, 1.807) is 18.3 Å². The second-order valence-corrected chi connectivity index (χ2v) is 5.20. The first-order valence-electron chi connectivity index (χ1n) is 6.05. The fourth-order valence-corrected chi connectivity index (χ4v) is 2.82. The molecule has 2 fully saturated rings. The van der Waals surface area contributed by atoms with Crippen molar-refractivity contribution in [3.63, 3.8) is 0 Å². The Labute approximate surface area is 104 Å². The van der Waals surface area contributed by atoms with Crippen molar-refractivity contribution in [2.75, 3.05) is 18.0 Å². The lowest BCUT2D eigenvalue weighted by Crippen LogP contribution is -2.39. The zero-order valence-corrected chi connectivity index (χ0v) is 9.87. The van der Waals surface area contributed by atoms with Crippen molar-refractivity contribution in [3.8, 4) is 6.07 Å². The molecule has 1 aromatic heterocycles. The van der Waals surface area contributed by atoms with E-state index in [2.05, 4.69) is 4.98 Å². The maximum Gasteiger partial charge on any atom is 0.256 e. The van der Waals surface area contributed by atoms with Gasteiger partial charge < -0.3 is 4.90 Å². The van der Waals surface area contributed by atoms with Crippen molar-refractivity contribution >= 4 is 5.69 Å². The smallest absolute Gasteiger partial charge is 0.256 e. The van der Waals surface area contributed by atoms with Crippen LogP contribution in [0.2, 0.25) is 0 Å². The van der Waals surface area contributed by atoms with Crippen molar-refractivity contribution in [3.05, 3.63) is 24.0 Å². The van der Waals surface area contributed by atoms with Crippen LogP contribution in [0.4, 0.5) is 14.5 Å². The summed E-state index contributed by atoms with van der Waals surface area (Å²) in [5.41, 5.74) is 0.372. The lowest BCUT2D eigenvalue weighted by Gasteiger charge is -2.34. The van der Waals surface area contributed by atoms with Gasteiger partial charge in [-0.2, -0.15) is 5.26 Å². The van der Waals surface area contributed by atoms with Crippen LogP contribution in [0.25, 0.3) is 0 Å². The highest BCUT2D eigenvalue weighted by Crippen LogP contribution is 2.64. The molecule has 2 heterocycles. The molecule has 1 spiro atoms. The number of alkyl halides is 2. The molecule has 1 atom stereocenters. The topological polar surface area (TPSA) is 39.9 Å². The first-order chi connectivity index (χ1) is 8.56. The largest absolute Gasteiger partial charge is 0.370 e. The maximum atomic E-state index is 13.4. The third-order valence-corrected chi connectivity index (χ3v) is 4.02. The summed E-state index contributed by atoms with van der Waals surface area (Å²) in [4.78, 5) is 5.94. The normalized spacial score (nSPS) is 29.1. The Morgan fingerprint density at radius 2 is 2.17 bits per heavy atom. The lowest BCUT2D eigenvalue weighted by molar-refractivity contribution is 0.0575. The van der Waals surface area contributed by atoms with Crippen LogP contribution >= 0.6 is 0 Å². The van der Waals surface area contributed by atoms with Crippen molar-refractivity contribution in [2.24, 2.45) is 5.41 Å². The third-order valence-electron chi connectivity index (χ3n) is 4.02. The van der Waals surface area contributed by atoms with Gasteiger partial charge in [0.2, 0.25) is 0 Å². The molecule has 5 heteroatoms. The molecule has 0 radical (unpaired) electrons. The molecule has 18 heavy (non-hydrogen) atoms. The maximum absolute atomic E-state index is 13.4. The van der Waals surface area contributed by atoms with Crippen LogP contribution in [-0.2, 0) is 0 Å². The van der Waals surface area contributed by atoms with E-state index in [0.717, 1.165) is 18.7 Å². The summed E-state index contributed by atoms with van der Waals surface area (Å²) in [5, 5.41) is 8.68. The first-order valence-corrected chi connectivity index (χ1v) is 6.05. The number of nitrogens with zero attached hydrogens (tertiary/aromatic N) is 3. The van der Waals surface area contributed by atoms with Gasteiger partial charge in [0, 0.05) is 19.5 Å². The molecule has 0 amide bonds. The van der Waals surface area contributed by atoms with Gasteiger partial charge in [-0.3, -0.25) is 0 Å². The summed E-state index contributed by atoms with van der Waals surface area (Å²) in [6.07, 6.45) is 3.01. The number of hydrogen-bond donors (Lipinski definition) is 0. The minimum absolute atomic E-state index is 0.0141. The molecule has 1 aliphatic heterocycles. The monoisotopic (exact) mass is 249 g/mol. The van der Waals surface area contributed by atoms with Gasteiger partial charge in [0.05, 0.1) is 17.3 Å². The summed E-state index contributed by atoms with van der Waals surface area (Å²) in [5.74, 6) is -2.49. The highest BCUT2D eigenvalue weighted by molar-refractivity contribution is 5.47. The van der Waals surface area contributed by atoms with E-state index in [0.29, 0.717) is 18.7 Å². The Bertz CT molecular complexity index is 506. The van der Waals surface area contributed by atoms with E-state index in [1.807, 2.05) is 11.0 Å². The van der Waals surface area contributed by atoms with Crippen LogP contribution in [0.5, 0.6) is 0 Å². The molecule has 1 saturated heterocycles. The number of rotatable bonds is 1. The molecule has 94 valence electrons. The number of piperidine rings is 1. The van der Waals surface area contributed by atoms with Gasteiger partial charge in [0.25, 0.3) is 5.92 Å². The fourth-order valence-electron chi connectivity index (χ4n) is 2.82. The van der Waals surface area contributed by atoms with Crippen molar-refractivity contribution in [1.82, 2.24) is 4.98 Å². The molecule has 3 rings (SSSR count). The van der Waals surface area contributed by atoms with Gasteiger partial charge in [0.15, 0.2) is 0 Å². The summed E-state index contributed by atoms with van der Waals surface area (Å²) in [7, 11) is 0. The van der Waals surface area contributed by atoms with Crippen LogP contribution in [0.3, 0.4) is 0 Å². The van der Waals surface area contributed by atoms with E-state index >= 15 is 0 Å². The summed E-state index contributed by atoms with van der Waals surface area (Å²) >= 11 is 0. The van der Waals surface area contributed by atoms with Gasteiger partial charge in [-0.05, 0) is 25.0 Å². The third kappa shape index (κ3) is 1.64. The van der Waals surface area contributed by atoms with Gasteiger partial charge in [-0.1, -0.05) is 0 Å². The molecular formula is C13H13F2N3. The second kappa shape index (κ2) is 3.64. The summed E-state index contributed by atoms with van der Waals surface area (Å²) in [6, 6.07) is 5.36. The minimum atomic E-state index is -2.49. The highest BCUT2D eigenvalue weighted by atomic mass is 19.3. The van der Waals surface area contributed by atoms with E-state index in [9.17, 15) is 8.78 Å². The first kappa shape index (κ1) is 11.4. The van der Waals surface area contributed by atoms with Crippen molar-refractivity contribution in [1.29, 1.82) is 5.26 Å². The van der Waals surface area contributed by atoms with Gasteiger partial charge in [-0.15, -0.1) is 0 Å². The van der Waals surface area contributed by atoms with Crippen LogP contribution in [0, 0.1) is 16.7 Å². The number of nitriles is 1. The Morgan fingerprint density at radius 1 is 1.39 bits per heavy atom. The standard InChI is InChI=1S/C13H13F2N3/c14-13(15)8-12(13)4-1-5-18(9-12)11-3-2-10(6-16)17-7-11/h2-3,7H,1,4-5,8-9H2. The second-order valence-electron chi connectivity index (χ2n) is 5.20. The Morgan fingerprint density at radius 3 is 2.72 bits per heavy atom. The van der Waals surface area contributed by atoms with E-state index < -0.39 is 11.3 Å². The molecule has 2 aliphatic rings. The minimum Gasteiger partial charge on any atom is -0.370 e. The summed E-state index contributed by atoms with van der Waals surface area (Å²) < 4.78 is 26.8. The zero-order chi connectivity index (χ0) is 12.8. The molecule has 0 bridgehead atoms. The molecule has 1 unspecified atom stereocenters. The molecule has 0 N–H and O–H groups in total. The van der Waals surface area contributed by atoms with Gasteiger partial charge >= 0.3 is 0 Å². The number of hydrogen-bond acceptors (Lipinski definition) is 3. The predicted molar refractivity (Wildman–Crippen MR) is 62.4 cm³/mol. The zero-order valence-electron chi connectivity index (χ0n) is 9.87. The molecular weight excluding hydrogens is 236 g/mol. The fraction of sp³-hybridized carbons (Fsp3) is 0.538. The average molecular weight is 249 g/mol. The molecule has 1 aliphatic carbocycles. The quantitative estimate of drug-likeness (QED) is 0.768. The van der Waals surface area contributed by atoms with E-state index in [1.165, 1.54) is 0 Å². The van der Waals surface area contributed by atoms with Crippen LogP contribution in [0.1, 0.15) is 25.0 Å². The Balaban J connectivity index is 1.79. The summed E-state index contributed by atoms with van der Waals surface area (Å²) in [6.45, 7) is 1.18. The Kier molecular flexibility index (Phi) is 2.31. The van der Waals surface area contributed by atoms with E-state index in [-0.39, 0.29) is 6.42 Å². The molecule has 1 aromatic rings. The van der Waals surface area contributed by atoms with E-state index in [4.69, 9.17) is 5.26 Å².